The van der Waals surface area contributed by atoms with Crippen molar-refractivity contribution < 1.29 is 28.6 Å². The van der Waals surface area contributed by atoms with Gasteiger partial charge in [0.15, 0.2) is 6.10 Å². The molecule has 0 N–H and O–H groups in total. The van der Waals surface area contributed by atoms with Crippen molar-refractivity contribution in [3.63, 3.8) is 0 Å². The molecule has 0 amide bonds. The molecular weight excluding hydrogens is 757 g/mol. The molecule has 0 spiro atoms. The number of hydrogen-bond donors (Lipinski definition) is 0. The molecule has 1 unspecified atom stereocenters. The van der Waals surface area contributed by atoms with Crippen molar-refractivity contribution in [2.75, 3.05) is 13.2 Å². The highest BCUT2D eigenvalue weighted by Gasteiger charge is 2.19. The first-order valence-electron chi connectivity index (χ1n) is 23.7. The second-order valence-corrected chi connectivity index (χ2v) is 14.9. The van der Waals surface area contributed by atoms with Gasteiger partial charge in [0, 0.05) is 19.3 Å². The maximum atomic E-state index is 12.7. The summed E-state index contributed by atoms with van der Waals surface area (Å²) >= 11 is 0. The fourth-order valence-electron chi connectivity index (χ4n) is 5.63. The number of allylic oxidation sites excluding steroid dienone is 22. The van der Waals surface area contributed by atoms with E-state index in [1.165, 1.54) is 25.7 Å². The van der Waals surface area contributed by atoms with Crippen LogP contribution in [-0.4, -0.2) is 37.2 Å². The van der Waals surface area contributed by atoms with Crippen LogP contribution in [0.3, 0.4) is 0 Å². The van der Waals surface area contributed by atoms with E-state index in [2.05, 4.69) is 154 Å². The number of esters is 3. The van der Waals surface area contributed by atoms with E-state index < -0.39 is 12.1 Å². The molecule has 0 aromatic heterocycles. The van der Waals surface area contributed by atoms with E-state index in [1.54, 1.807) is 0 Å². The lowest BCUT2D eigenvalue weighted by atomic mass is 10.1. The molecule has 6 heteroatoms. The number of hydrogen-bond acceptors (Lipinski definition) is 6. The van der Waals surface area contributed by atoms with E-state index in [1.807, 2.05) is 0 Å². The van der Waals surface area contributed by atoms with Crippen LogP contribution in [0.5, 0.6) is 0 Å². The van der Waals surface area contributed by atoms with Crippen molar-refractivity contribution in [3.05, 3.63) is 134 Å². The Labute approximate surface area is 373 Å². The molecule has 0 heterocycles. The van der Waals surface area contributed by atoms with E-state index in [4.69, 9.17) is 14.2 Å². The highest BCUT2D eigenvalue weighted by Crippen LogP contribution is 2.09. The van der Waals surface area contributed by atoms with E-state index in [9.17, 15) is 14.4 Å². The van der Waals surface area contributed by atoms with Crippen molar-refractivity contribution in [3.8, 4) is 0 Å². The zero-order valence-corrected chi connectivity index (χ0v) is 38.6. The van der Waals surface area contributed by atoms with Crippen molar-refractivity contribution in [2.24, 2.45) is 0 Å². The molecule has 0 aliphatic carbocycles. The molecule has 0 radical (unpaired) electrons. The van der Waals surface area contributed by atoms with Gasteiger partial charge in [-0.05, 0) is 116 Å². The monoisotopic (exact) mass is 841 g/mol. The summed E-state index contributed by atoms with van der Waals surface area (Å²) in [5.74, 6) is -1.11. The molecule has 0 aromatic carbocycles. The molecule has 0 aliphatic rings. The molecule has 1 atom stereocenters. The zero-order chi connectivity index (χ0) is 44.4. The summed E-state index contributed by atoms with van der Waals surface area (Å²) < 4.78 is 16.6. The van der Waals surface area contributed by atoms with Gasteiger partial charge in [-0.3, -0.25) is 14.4 Å². The molecule has 0 aromatic rings. The van der Waals surface area contributed by atoms with Gasteiger partial charge < -0.3 is 14.2 Å². The van der Waals surface area contributed by atoms with Gasteiger partial charge in [-0.25, -0.2) is 0 Å². The molecule has 340 valence electrons. The SMILES string of the molecule is CC/C=C\C/C=C\C/C=C\C/C=C\C/C=C\CCCC(=O)OCC(COC(=O)CCC/C=C\CCCCCC)OC(=O)CCC/C=C\C/C=C\C/C=C\C/C=C\C/C=C\CC. The number of unbranched alkanes of at least 4 members (excludes halogenated alkanes) is 7. The summed E-state index contributed by atoms with van der Waals surface area (Å²) in [6.45, 7) is 6.21. The lowest BCUT2D eigenvalue weighted by Gasteiger charge is -2.18. The Morgan fingerprint density at radius 1 is 0.344 bits per heavy atom. The second-order valence-electron chi connectivity index (χ2n) is 14.9. The highest BCUT2D eigenvalue weighted by molar-refractivity contribution is 5.71. The average molecular weight is 841 g/mol. The fraction of sp³-hybridized carbons (Fsp3) is 0.545. The Morgan fingerprint density at radius 2 is 0.639 bits per heavy atom. The Hall–Kier alpha value is -4.45. The zero-order valence-electron chi connectivity index (χ0n) is 38.6. The van der Waals surface area contributed by atoms with Crippen LogP contribution in [-0.2, 0) is 28.6 Å². The molecule has 0 rings (SSSR count). The van der Waals surface area contributed by atoms with Gasteiger partial charge in [0.05, 0.1) is 0 Å². The molecule has 0 fully saturated rings. The minimum Gasteiger partial charge on any atom is -0.462 e. The number of ether oxygens (including phenoxy) is 3. The molecule has 0 aliphatic heterocycles. The maximum Gasteiger partial charge on any atom is 0.306 e. The smallest absolute Gasteiger partial charge is 0.306 e. The third kappa shape index (κ3) is 46.5. The third-order valence-corrected chi connectivity index (χ3v) is 9.12. The average Bonchev–Trinajstić information content (AvgIpc) is 3.26. The van der Waals surface area contributed by atoms with Crippen LogP contribution < -0.4 is 0 Å². The molecule has 6 nitrogen and oxygen atoms in total. The van der Waals surface area contributed by atoms with E-state index in [0.717, 1.165) is 89.9 Å². The lowest BCUT2D eigenvalue weighted by Crippen LogP contribution is -2.30. The van der Waals surface area contributed by atoms with Crippen LogP contribution in [0.15, 0.2) is 134 Å². The molecule has 0 saturated carbocycles. The Morgan fingerprint density at radius 3 is 0.984 bits per heavy atom. The first-order chi connectivity index (χ1) is 30.0. The lowest BCUT2D eigenvalue weighted by molar-refractivity contribution is -0.166. The van der Waals surface area contributed by atoms with Crippen LogP contribution in [0.25, 0.3) is 0 Å². The van der Waals surface area contributed by atoms with Crippen LogP contribution in [0.4, 0.5) is 0 Å². The number of carbonyl (C=O) groups is 3. The Kier molecular flexibility index (Phi) is 44.7. The standard InChI is InChI=1S/C55H84O6/c1-4-7-10-13-16-19-21-23-25-27-29-31-33-36-39-42-45-48-54(57)60-51-52(50-59-53(56)47-44-41-38-35-18-15-12-9-6-3)61-55(58)49-46-43-40-37-34-32-30-28-26-24-22-20-17-14-11-8-5-2/h7-8,10-11,16-17,19-20,23-26,29-32,35-40,52H,4-6,9,12-15,18,21-22,27-28,33-34,41-51H2,1-3H3/b10-7-,11-8-,19-16-,20-17-,25-23-,26-24-,31-29-,32-30-,38-35-,39-36-,40-37-. The number of carbonyl (C=O) groups excluding carboxylic acids is 3. The summed E-state index contributed by atoms with van der Waals surface area (Å²) in [6, 6.07) is 0. The van der Waals surface area contributed by atoms with E-state index >= 15 is 0 Å². The molecular formula is C55H84O6. The predicted octanol–water partition coefficient (Wildman–Crippen LogP) is 15.5. The topological polar surface area (TPSA) is 78.9 Å². The molecule has 61 heavy (non-hydrogen) atoms. The van der Waals surface area contributed by atoms with Crippen molar-refractivity contribution in [2.45, 2.75) is 181 Å². The van der Waals surface area contributed by atoms with Crippen molar-refractivity contribution >= 4 is 17.9 Å². The normalized spacial score (nSPS) is 13.3. The summed E-state index contributed by atoms with van der Waals surface area (Å²) in [7, 11) is 0. The first-order valence-corrected chi connectivity index (χ1v) is 23.7. The van der Waals surface area contributed by atoms with E-state index in [-0.39, 0.29) is 44.4 Å². The van der Waals surface area contributed by atoms with Gasteiger partial charge in [-0.2, -0.15) is 0 Å². The van der Waals surface area contributed by atoms with Crippen molar-refractivity contribution in [1.29, 1.82) is 0 Å². The van der Waals surface area contributed by atoms with Gasteiger partial charge in [-0.15, -0.1) is 0 Å². The predicted molar refractivity (Wildman–Crippen MR) is 260 cm³/mol. The van der Waals surface area contributed by atoms with Crippen molar-refractivity contribution in [1.82, 2.24) is 0 Å². The molecule has 0 saturated heterocycles. The van der Waals surface area contributed by atoms with Crippen LogP contribution >= 0.6 is 0 Å². The third-order valence-electron chi connectivity index (χ3n) is 9.12. The summed E-state index contributed by atoms with van der Waals surface area (Å²) in [6.07, 6.45) is 67.4. The second kappa shape index (κ2) is 48.2. The van der Waals surface area contributed by atoms with Crippen LogP contribution in [0.2, 0.25) is 0 Å². The quantitative estimate of drug-likeness (QED) is 0.0265. The van der Waals surface area contributed by atoms with Gasteiger partial charge >= 0.3 is 17.9 Å². The summed E-state index contributed by atoms with van der Waals surface area (Å²) in [5.41, 5.74) is 0. The largest absolute Gasteiger partial charge is 0.462 e. The Bertz CT molecular complexity index is 1380. The van der Waals surface area contributed by atoms with Gasteiger partial charge in [0.25, 0.3) is 0 Å². The fourth-order valence-corrected chi connectivity index (χ4v) is 5.63. The highest BCUT2D eigenvalue weighted by atomic mass is 16.6. The minimum atomic E-state index is -0.844. The summed E-state index contributed by atoms with van der Waals surface area (Å²) in [5, 5.41) is 0. The van der Waals surface area contributed by atoms with Gasteiger partial charge in [0.1, 0.15) is 13.2 Å². The minimum absolute atomic E-state index is 0.139. The number of rotatable bonds is 40. The van der Waals surface area contributed by atoms with Crippen LogP contribution in [0.1, 0.15) is 175 Å². The maximum absolute atomic E-state index is 12.7. The first kappa shape index (κ1) is 56.5. The van der Waals surface area contributed by atoms with Crippen LogP contribution in [0, 0.1) is 0 Å². The Balaban J connectivity index is 4.60. The summed E-state index contributed by atoms with van der Waals surface area (Å²) in [4.78, 5) is 37.7. The van der Waals surface area contributed by atoms with Gasteiger partial charge in [-0.1, -0.05) is 174 Å². The van der Waals surface area contributed by atoms with Gasteiger partial charge in [0.2, 0.25) is 0 Å². The van der Waals surface area contributed by atoms with E-state index in [0.29, 0.717) is 19.3 Å². The molecule has 0 bridgehead atoms.